The Balaban J connectivity index is 2.23. The van der Waals surface area contributed by atoms with Crippen LogP contribution in [0.15, 0.2) is 40.5 Å². The standard InChI is InChI=1S/C20H12F6N2O2/c1-9-6-10-4-3-5-14(30-2)15(10)11(16(9)19(21,22)23)7-13(29)18-17(20(24,25)26)12(8-27)28-18/h3-6H,7H2,1-2H3. The molecule has 0 radical (unpaired) electrons. The average Bonchev–Trinajstić information content (AvgIpc) is 2.57. The van der Waals surface area contributed by atoms with Crippen molar-refractivity contribution in [1.82, 2.24) is 0 Å². The first-order valence-electron chi connectivity index (χ1n) is 8.40. The predicted octanol–water partition coefficient (Wildman–Crippen LogP) is 5.08. The fourth-order valence-electron chi connectivity index (χ4n) is 3.48. The fourth-order valence-corrected chi connectivity index (χ4v) is 3.48. The number of hydrogen-bond acceptors (Lipinski definition) is 4. The molecule has 0 atom stereocenters. The molecule has 156 valence electrons. The molecule has 0 bridgehead atoms. The number of carbonyl (C=O) groups excluding carboxylic acids is 1. The minimum atomic E-state index is -5.03. The van der Waals surface area contributed by atoms with Crippen molar-refractivity contribution in [2.45, 2.75) is 25.7 Å². The summed E-state index contributed by atoms with van der Waals surface area (Å²) in [5, 5.41) is 9.03. The molecule has 0 N–H and O–H groups in total. The van der Waals surface area contributed by atoms with Gasteiger partial charge in [-0.3, -0.25) is 4.79 Å². The molecule has 4 nitrogen and oxygen atoms in total. The Bertz CT molecular complexity index is 1170. The van der Waals surface area contributed by atoms with Crippen molar-refractivity contribution in [3.63, 3.8) is 0 Å². The number of ether oxygens (including phenoxy) is 1. The lowest BCUT2D eigenvalue weighted by Gasteiger charge is -2.22. The summed E-state index contributed by atoms with van der Waals surface area (Å²) in [5.74, 6) is -1.23. The zero-order valence-electron chi connectivity index (χ0n) is 15.5. The Labute approximate surface area is 166 Å². The number of carbonyl (C=O) groups is 1. The number of Topliss-reactive ketones (excluding diaryl/α,β-unsaturated/α-hetero) is 1. The molecule has 0 unspecified atom stereocenters. The highest BCUT2D eigenvalue weighted by molar-refractivity contribution is 6.23. The number of hydrogen-bond donors (Lipinski definition) is 0. The largest absolute Gasteiger partial charge is 0.496 e. The normalized spacial score (nSPS) is 14.3. The highest BCUT2D eigenvalue weighted by Crippen LogP contribution is 2.42. The van der Waals surface area contributed by atoms with Crippen LogP contribution in [0.1, 0.15) is 16.7 Å². The fraction of sp³-hybridized carbons (Fsp3) is 0.250. The molecule has 0 aromatic heterocycles. The van der Waals surface area contributed by atoms with Crippen LogP contribution in [0.25, 0.3) is 10.8 Å². The number of aliphatic imine (C=N–C) groups is 1. The van der Waals surface area contributed by atoms with Gasteiger partial charge in [-0.05, 0) is 29.5 Å². The van der Waals surface area contributed by atoms with E-state index in [1.165, 1.54) is 38.3 Å². The van der Waals surface area contributed by atoms with Gasteiger partial charge < -0.3 is 4.74 Å². The van der Waals surface area contributed by atoms with Gasteiger partial charge in [-0.2, -0.15) is 31.6 Å². The number of alkyl halides is 6. The van der Waals surface area contributed by atoms with Crippen LogP contribution in [0.5, 0.6) is 5.75 Å². The van der Waals surface area contributed by atoms with Gasteiger partial charge in [0.1, 0.15) is 23.1 Å². The van der Waals surface area contributed by atoms with E-state index in [1.807, 2.05) is 0 Å². The Morgan fingerprint density at radius 3 is 2.37 bits per heavy atom. The molecule has 2 aromatic carbocycles. The van der Waals surface area contributed by atoms with Crippen molar-refractivity contribution in [2.24, 2.45) is 4.99 Å². The van der Waals surface area contributed by atoms with Crippen molar-refractivity contribution in [3.05, 3.63) is 52.2 Å². The van der Waals surface area contributed by atoms with Gasteiger partial charge >= 0.3 is 12.4 Å². The first-order chi connectivity index (χ1) is 13.9. The maximum Gasteiger partial charge on any atom is 0.421 e. The number of nitriles is 1. The van der Waals surface area contributed by atoms with E-state index in [0.717, 1.165) is 0 Å². The number of methoxy groups -OCH3 is 1. The first-order valence-corrected chi connectivity index (χ1v) is 8.40. The first kappa shape index (κ1) is 21.4. The molecule has 0 fully saturated rings. The number of rotatable bonds is 4. The van der Waals surface area contributed by atoms with Crippen LogP contribution in [0.3, 0.4) is 0 Å². The lowest BCUT2D eigenvalue weighted by molar-refractivity contribution is -0.138. The zero-order chi connectivity index (χ0) is 22.4. The maximum atomic E-state index is 13.8. The molecule has 10 heteroatoms. The molecule has 0 aliphatic carbocycles. The summed E-state index contributed by atoms with van der Waals surface area (Å²) in [6, 6.07) is 6.93. The third-order valence-electron chi connectivity index (χ3n) is 4.62. The molecular weight excluding hydrogens is 414 g/mol. The number of aryl methyl sites for hydroxylation is 1. The summed E-state index contributed by atoms with van der Waals surface area (Å²) in [6.45, 7) is 1.20. The van der Waals surface area contributed by atoms with E-state index < -0.39 is 52.7 Å². The van der Waals surface area contributed by atoms with Gasteiger partial charge in [0.05, 0.1) is 12.7 Å². The van der Waals surface area contributed by atoms with E-state index in [1.54, 1.807) is 6.07 Å². The van der Waals surface area contributed by atoms with Crippen LogP contribution < -0.4 is 4.74 Å². The van der Waals surface area contributed by atoms with Gasteiger partial charge in [-0.1, -0.05) is 18.2 Å². The van der Waals surface area contributed by atoms with Crippen LogP contribution in [-0.2, 0) is 17.4 Å². The molecule has 30 heavy (non-hydrogen) atoms. The Hall–Kier alpha value is -3.35. The maximum absolute atomic E-state index is 13.8. The minimum Gasteiger partial charge on any atom is -0.496 e. The number of nitrogens with zero attached hydrogens (tertiary/aromatic N) is 2. The van der Waals surface area contributed by atoms with E-state index in [2.05, 4.69) is 4.99 Å². The van der Waals surface area contributed by atoms with Crippen molar-refractivity contribution < 1.29 is 35.9 Å². The summed E-state index contributed by atoms with van der Waals surface area (Å²) in [6.07, 6.45) is -10.9. The zero-order valence-corrected chi connectivity index (χ0v) is 15.5. The lowest BCUT2D eigenvalue weighted by Crippen LogP contribution is -2.31. The summed E-state index contributed by atoms with van der Waals surface area (Å²) in [7, 11) is 1.23. The van der Waals surface area contributed by atoms with Crippen LogP contribution >= 0.6 is 0 Å². The van der Waals surface area contributed by atoms with Crippen molar-refractivity contribution in [3.8, 4) is 11.8 Å². The topological polar surface area (TPSA) is 62.5 Å². The molecule has 3 rings (SSSR count). The highest BCUT2D eigenvalue weighted by atomic mass is 19.4. The van der Waals surface area contributed by atoms with Crippen LogP contribution in [-0.4, -0.2) is 24.8 Å². The van der Waals surface area contributed by atoms with E-state index in [9.17, 15) is 31.1 Å². The second-order valence-electron chi connectivity index (χ2n) is 6.50. The van der Waals surface area contributed by atoms with Crippen LogP contribution in [0, 0.1) is 18.3 Å². The monoisotopic (exact) mass is 426 g/mol. The quantitative estimate of drug-likeness (QED) is 0.641. The van der Waals surface area contributed by atoms with Crippen molar-refractivity contribution >= 4 is 22.3 Å². The highest BCUT2D eigenvalue weighted by Gasteiger charge is 2.47. The van der Waals surface area contributed by atoms with E-state index >= 15 is 0 Å². The molecule has 1 aliphatic heterocycles. The third-order valence-corrected chi connectivity index (χ3v) is 4.62. The summed E-state index contributed by atoms with van der Waals surface area (Å²) >= 11 is 0. The molecule has 0 spiro atoms. The molecule has 2 aromatic rings. The number of halogens is 6. The lowest BCUT2D eigenvalue weighted by atomic mass is 9.88. The van der Waals surface area contributed by atoms with Gasteiger partial charge in [0.2, 0.25) is 0 Å². The Kier molecular flexibility index (Phi) is 5.10. The second kappa shape index (κ2) is 7.16. The van der Waals surface area contributed by atoms with Crippen LogP contribution in [0.2, 0.25) is 0 Å². The van der Waals surface area contributed by atoms with Crippen molar-refractivity contribution in [1.29, 1.82) is 5.26 Å². The molecule has 0 amide bonds. The Morgan fingerprint density at radius 2 is 1.83 bits per heavy atom. The molecular formula is C20H12F6N2O2. The third kappa shape index (κ3) is 3.51. The minimum absolute atomic E-state index is 0.0238. The van der Waals surface area contributed by atoms with Gasteiger partial charge in [0.25, 0.3) is 0 Å². The van der Waals surface area contributed by atoms with Crippen LogP contribution in [0.4, 0.5) is 26.3 Å². The molecule has 0 saturated carbocycles. The van der Waals surface area contributed by atoms with Gasteiger partial charge in [0, 0.05) is 11.8 Å². The smallest absolute Gasteiger partial charge is 0.421 e. The summed E-state index contributed by atoms with van der Waals surface area (Å²) in [4.78, 5) is 15.8. The van der Waals surface area contributed by atoms with Gasteiger partial charge in [0.15, 0.2) is 11.5 Å². The molecule has 1 aliphatic rings. The predicted molar refractivity (Wildman–Crippen MR) is 95.1 cm³/mol. The van der Waals surface area contributed by atoms with E-state index in [0.29, 0.717) is 5.39 Å². The molecule has 1 heterocycles. The Morgan fingerprint density at radius 1 is 1.17 bits per heavy atom. The van der Waals surface area contributed by atoms with E-state index in [-0.39, 0.29) is 16.7 Å². The second-order valence-corrected chi connectivity index (χ2v) is 6.50. The number of allylic oxidation sites excluding steroid dienone is 2. The van der Waals surface area contributed by atoms with Crippen molar-refractivity contribution in [2.75, 3.05) is 7.11 Å². The SMILES string of the molecule is COc1cccc2cc(C)c(C(F)(F)F)c(CC(=O)C3=C(C(F)(F)F)C(C#N)=N3)c12. The molecule has 0 saturated heterocycles. The number of fused-ring (bicyclic) bond motifs is 1. The average molecular weight is 426 g/mol. The summed E-state index contributed by atoms with van der Waals surface area (Å²) in [5.41, 5.74) is -5.37. The number of ketones is 1. The summed E-state index contributed by atoms with van der Waals surface area (Å²) < 4.78 is 85.9. The van der Waals surface area contributed by atoms with E-state index in [4.69, 9.17) is 10.00 Å². The van der Waals surface area contributed by atoms with Gasteiger partial charge in [-0.25, -0.2) is 4.99 Å². The van der Waals surface area contributed by atoms with Gasteiger partial charge in [-0.15, -0.1) is 0 Å². The number of benzene rings is 2.